The molecule has 1 aromatic carbocycles. The molecule has 0 bridgehead atoms. The first-order chi connectivity index (χ1) is 10.0. The number of hydrogen-bond donors (Lipinski definition) is 2. The average molecular weight is 355 g/mol. The molecule has 0 saturated carbocycles. The Morgan fingerprint density at radius 1 is 1.38 bits per heavy atom. The van der Waals surface area contributed by atoms with E-state index in [1.807, 2.05) is 12.1 Å². The Bertz CT molecular complexity index is 548. The fraction of sp³-hybridized carbons (Fsp3) is 0.467. The van der Waals surface area contributed by atoms with Crippen LogP contribution in [0.3, 0.4) is 0 Å². The van der Waals surface area contributed by atoms with Crippen LogP contribution in [0, 0.1) is 0 Å². The van der Waals surface area contributed by atoms with Crippen molar-refractivity contribution >= 4 is 33.5 Å². The first kappa shape index (κ1) is 15.8. The van der Waals surface area contributed by atoms with Crippen molar-refractivity contribution in [2.24, 2.45) is 5.73 Å². The number of nitrogens with zero attached hydrogens (tertiary/aromatic N) is 1. The third-order valence-corrected chi connectivity index (χ3v) is 4.53. The summed E-state index contributed by atoms with van der Waals surface area (Å²) in [6.45, 7) is 0.820. The molecule has 1 unspecified atom stereocenters. The fourth-order valence-corrected chi connectivity index (χ4v) is 3.46. The van der Waals surface area contributed by atoms with Gasteiger partial charge in [-0.1, -0.05) is 6.07 Å². The number of amides is 1. The van der Waals surface area contributed by atoms with Crippen molar-refractivity contribution in [1.29, 1.82) is 0 Å². The lowest BCUT2D eigenvalue weighted by molar-refractivity contribution is -0.137. The molecule has 0 spiro atoms. The highest BCUT2D eigenvalue weighted by Gasteiger charge is 2.26. The number of carbonyl (C=O) groups is 2. The molecule has 1 saturated heterocycles. The van der Waals surface area contributed by atoms with Crippen molar-refractivity contribution in [2.45, 2.75) is 38.1 Å². The van der Waals surface area contributed by atoms with Crippen molar-refractivity contribution in [3.63, 3.8) is 0 Å². The number of aliphatic carboxylic acids is 1. The number of piperidine rings is 1. The van der Waals surface area contributed by atoms with Crippen molar-refractivity contribution in [2.75, 3.05) is 11.4 Å². The first-order valence-electron chi connectivity index (χ1n) is 7.07. The zero-order chi connectivity index (χ0) is 15.4. The number of carboxylic acids is 1. The quantitative estimate of drug-likeness (QED) is 0.851. The third-order valence-electron chi connectivity index (χ3n) is 3.87. The predicted octanol–water partition coefficient (Wildman–Crippen LogP) is 2.77. The molecule has 1 aliphatic heterocycles. The van der Waals surface area contributed by atoms with Crippen LogP contribution < -0.4 is 10.6 Å². The van der Waals surface area contributed by atoms with Crippen LogP contribution in [0.4, 0.5) is 5.69 Å². The summed E-state index contributed by atoms with van der Waals surface area (Å²) in [5, 5.41) is 8.89. The van der Waals surface area contributed by atoms with Gasteiger partial charge in [0.25, 0.3) is 5.91 Å². The van der Waals surface area contributed by atoms with Crippen LogP contribution in [0.1, 0.15) is 42.5 Å². The maximum absolute atomic E-state index is 11.7. The van der Waals surface area contributed by atoms with Gasteiger partial charge in [-0.3, -0.25) is 9.59 Å². The van der Waals surface area contributed by atoms with Gasteiger partial charge in [-0.25, -0.2) is 0 Å². The van der Waals surface area contributed by atoms with Gasteiger partial charge < -0.3 is 15.7 Å². The molecule has 0 aliphatic carbocycles. The van der Waals surface area contributed by atoms with Gasteiger partial charge in [-0.15, -0.1) is 0 Å². The van der Waals surface area contributed by atoms with Crippen LogP contribution in [0.2, 0.25) is 0 Å². The molecule has 1 aliphatic rings. The van der Waals surface area contributed by atoms with E-state index in [1.165, 1.54) is 0 Å². The van der Waals surface area contributed by atoms with Gasteiger partial charge in [0.15, 0.2) is 0 Å². The van der Waals surface area contributed by atoms with E-state index in [1.54, 1.807) is 6.07 Å². The van der Waals surface area contributed by atoms with E-state index in [-0.39, 0.29) is 12.5 Å². The van der Waals surface area contributed by atoms with E-state index in [2.05, 4.69) is 20.8 Å². The van der Waals surface area contributed by atoms with Gasteiger partial charge in [0.05, 0.1) is 11.3 Å². The molecule has 2 rings (SSSR count). The topological polar surface area (TPSA) is 83.6 Å². The summed E-state index contributed by atoms with van der Waals surface area (Å²) in [4.78, 5) is 24.7. The first-order valence-corrected chi connectivity index (χ1v) is 7.86. The Balaban J connectivity index is 2.31. The molecular formula is C15H19BrN2O3. The fourth-order valence-electron chi connectivity index (χ4n) is 2.90. The Kier molecular flexibility index (Phi) is 5.22. The maximum atomic E-state index is 11.7. The van der Waals surface area contributed by atoms with Gasteiger partial charge >= 0.3 is 5.97 Å². The number of nitrogens with two attached hydrogens (primary N) is 1. The SMILES string of the molecule is NC(=O)c1c(Br)cccc1N1CCCCC1CCC(=O)O. The summed E-state index contributed by atoms with van der Waals surface area (Å²) in [7, 11) is 0. The summed E-state index contributed by atoms with van der Waals surface area (Å²) in [5.41, 5.74) is 6.77. The predicted molar refractivity (Wildman–Crippen MR) is 84.5 cm³/mol. The largest absolute Gasteiger partial charge is 0.481 e. The Hall–Kier alpha value is -1.56. The second-order valence-electron chi connectivity index (χ2n) is 5.27. The third kappa shape index (κ3) is 3.75. The van der Waals surface area contributed by atoms with E-state index < -0.39 is 11.9 Å². The second-order valence-corrected chi connectivity index (χ2v) is 6.13. The monoisotopic (exact) mass is 354 g/mol. The normalized spacial score (nSPS) is 18.5. The number of carbonyl (C=O) groups excluding carboxylic acids is 1. The van der Waals surface area contributed by atoms with E-state index in [0.717, 1.165) is 31.5 Å². The second kappa shape index (κ2) is 6.93. The van der Waals surface area contributed by atoms with Crippen LogP contribution in [0.25, 0.3) is 0 Å². The molecule has 1 aromatic rings. The summed E-state index contributed by atoms with van der Waals surface area (Å²) in [6.07, 6.45) is 3.79. The lowest BCUT2D eigenvalue weighted by Crippen LogP contribution is -2.41. The molecule has 1 heterocycles. The summed E-state index contributed by atoms with van der Waals surface area (Å²) in [5.74, 6) is -1.26. The van der Waals surface area contributed by atoms with Gasteiger partial charge in [-0.2, -0.15) is 0 Å². The highest BCUT2D eigenvalue weighted by Crippen LogP contribution is 2.33. The minimum Gasteiger partial charge on any atom is -0.481 e. The Labute approximate surface area is 132 Å². The zero-order valence-electron chi connectivity index (χ0n) is 11.7. The standard InChI is InChI=1S/C15H19BrN2O3/c16-11-5-3-6-12(14(11)15(17)21)18-9-2-1-4-10(18)7-8-13(19)20/h3,5-6,10H,1-2,4,7-9H2,(H2,17,21)(H,19,20). The number of rotatable bonds is 5. The number of carboxylic acid groups (broad SMARTS) is 1. The van der Waals surface area contributed by atoms with E-state index >= 15 is 0 Å². The molecule has 21 heavy (non-hydrogen) atoms. The number of halogens is 1. The summed E-state index contributed by atoms with van der Waals surface area (Å²) < 4.78 is 0.676. The van der Waals surface area contributed by atoms with Crippen LogP contribution in [0.15, 0.2) is 22.7 Å². The zero-order valence-corrected chi connectivity index (χ0v) is 13.3. The number of benzene rings is 1. The molecule has 5 nitrogen and oxygen atoms in total. The van der Waals surface area contributed by atoms with Crippen LogP contribution in [-0.2, 0) is 4.79 Å². The highest BCUT2D eigenvalue weighted by atomic mass is 79.9. The van der Waals surface area contributed by atoms with Crippen molar-refractivity contribution < 1.29 is 14.7 Å². The summed E-state index contributed by atoms with van der Waals surface area (Å²) >= 11 is 3.37. The van der Waals surface area contributed by atoms with Crippen LogP contribution in [-0.4, -0.2) is 29.6 Å². The van der Waals surface area contributed by atoms with Crippen molar-refractivity contribution in [3.8, 4) is 0 Å². The number of hydrogen-bond acceptors (Lipinski definition) is 3. The Morgan fingerprint density at radius 3 is 2.81 bits per heavy atom. The lowest BCUT2D eigenvalue weighted by Gasteiger charge is -2.38. The van der Waals surface area contributed by atoms with Crippen molar-refractivity contribution in [1.82, 2.24) is 0 Å². The molecule has 1 fully saturated rings. The van der Waals surface area contributed by atoms with Gasteiger partial charge in [0.1, 0.15) is 0 Å². The van der Waals surface area contributed by atoms with E-state index in [0.29, 0.717) is 16.5 Å². The average Bonchev–Trinajstić information content (AvgIpc) is 2.44. The Morgan fingerprint density at radius 2 is 2.14 bits per heavy atom. The van der Waals surface area contributed by atoms with E-state index in [4.69, 9.17) is 10.8 Å². The highest BCUT2D eigenvalue weighted by molar-refractivity contribution is 9.10. The molecule has 114 valence electrons. The van der Waals surface area contributed by atoms with Gasteiger partial charge in [0.2, 0.25) is 0 Å². The van der Waals surface area contributed by atoms with Crippen LogP contribution in [0.5, 0.6) is 0 Å². The van der Waals surface area contributed by atoms with Gasteiger partial charge in [-0.05, 0) is 53.7 Å². The van der Waals surface area contributed by atoms with Crippen molar-refractivity contribution in [3.05, 3.63) is 28.2 Å². The molecule has 0 radical (unpaired) electrons. The minimum atomic E-state index is -0.787. The van der Waals surface area contributed by atoms with E-state index in [9.17, 15) is 9.59 Å². The lowest BCUT2D eigenvalue weighted by atomic mass is 9.96. The summed E-state index contributed by atoms with van der Waals surface area (Å²) in [6, 6.07) is 5.68. The minimum absolute atomic E-state index is 0.140. The van der Waals surface area contributed by atoms with Gasteiger partial charge in [0, 0.05) is 23.5 Å². The molecule has 6 heteroatoms. The molecular weight excluding hydrogens is 336 g/mol. The molecule has 1 amide bonds. The molecule has 3 N–H and O–H groups in total. The van der Waals surface area contributed by atoms with Crippen LogP contribution >= 0.6 is 15.9 Å². The molecule has 0 aromatic heterocycles. The smallest absolute Gasteiger partial charge is 0.303 e. The number of primary amides is 1. The number of anilines is 1. The molecule has 1 atom stereocenters. The maximum Gasteiger partial charge on any atom is 0.303 e.